The van der Waals surface area contributed by atoms with E-state index in [2.05, 4.69) is 5.10 Å². The summed E-state index contributed by atoms with van der Waals surface area (Å²) in [4.78, 5) is 10.9. The number of rotatable bonds is 3. The Labute approximate surface area is 96.8 Å². The highest BCUT2D eigenvalue weighted by Gasteiger charge is 2.44. The van der Waals surface area contributed by atoms with Crippen LogP contribution in [0.2, 0.25) is 0 Å². The number of nitrogens with two attached hydrogens (primary N) is 1. The van der Waals surface area contributed by atoms with Crippen molar-refractivity contribution in [3.63, 3.8) is 0 Å². The van der Waals surface area contributed by atoms with E-state index in [4.69, 9.17) is 5.73 Å². The third-order valence-electron chi connectivity index (χ3n) is 3.80. The highest BCUT2D eigenvalue weighted by molar-refractivity contribution is 5.73. The number of alkyl halides is 2. The van der Waals surface area contributed by atoms with E-state index < -0.39 is 12.3 Å². The number of carbonyl (C=O) groups excluding carboxylic acids is 1. The van der Waals surface area contributed by atoms with Crippen LogP contribution in [0.4, 0.5) is 8.78 Å². The second-order valence-corrected chi connectivity index (χ2v) is 4.82. The van der Waals surface area contributed by atoms with Gasteiger partial charge in [-0.05, 0) is 25.2 Å². The summed E-state index contributed by atoms with van der Waals surface area (Å²) in [7, 11) is 0. The molecule has 1 aromatic heterocycles. The minimum atomic E-state index is -2.57. The molecule has 3 rings (SSSR count). The van der Waals surface area contributed by atoms with Crippen LogP contribution in [0.3, 0.4) is 0 Å². The fraction of sp³-hybridized carbons (Fsp3) is 0.636. The summed E-state index contributed by atoms with van der Waals surface area (Å²) in [5, 5.41) is 3.88. The van der Waals surface area contributed by atoms with Crippen LogP contribution in [0.15, 0.2) is 0 Å². The van der Waals surface area contributed by atoms with Crippen LogP contribution < -0.4 is 5.73 Å². The third kappa shape index (κ3) is 1.46. The van der Waals surface area contributed by atoms with E-state index in [-0.39, 0.29) is 24.1 Å². The number of hydrogen-bond donors (Lipinski definition) is 1. The molecule has 1 fully saturated rings. The second kappa shape index (κ2) is 3.51. The molecule has 0 aromatic carbocycles. The van der Waals surface area contributed by atoms with Gasteiger partial charge < -0.3 is 5.73 Å². The van der Waals surface area contributed by atoms with E-state index in [0.29, 0.717) is 5.56 Å². The van der Waals surface area contributed by atoms with E-state index >= 15 is 0 Å². The van der Waals surface area contributed by atoms with Crippen molar-refractivity contribution < 1.29 is 13.6 Å². The van der Waals surface area contributed by atoms with E-state index in [1.807, 2.05) is 0 Å². The molecule has 1 saturated carbocycles. The molecular formula is C11H13F2N3O. The predicted octanol–water partition coefficient (Wildman–Crippen LogP) is 1.67. The van der Waals surface area contributed by atoms with Crippen LogP contribution in [0, 0.1) is 0 Å². The fourth-order valence-corrected chi connectivity index (χ4v) is 3.28. The van der Waals surface area contributed by atoms with Crippen LogP contribution in [0.25, 0.3) is 0 Å². The summed E-state index contributed by atoms with van der Waals surface area (Å²) in [5.74, 6) is -0.0473. The van der Waals surface area contributed by atoms with Crippen LogP contribution in [-0.2, 0) is 11.3 Å². The molecule has 2 aliphatic carbocycles. The lowest BCUT2D eigenvalue weighted by atomic mass is 9.95. The van der Waals surface area contributed by atoms with Gasteiger partial charge in [0.1, 0.15) is 12.2 Å². The number of hydrogen-bond acceptors (Lipinski definition) is 2. The Hall–Kier alpha value is -1.46. The van der Waals surface area contributed by atoms with Gasteiger partial charge in [-0.15, -0.1) is 0 Å². The van der Waals surface area contributed by atoms with Crippen LogP contribution in [0.1, 0.15) is 54.5 Å². The zero-order chi connectivity index (χ0) is 12.2. The molecule has 0 aliphatic heterocycles. The van der Waals surface area contributed by atoms with Crippen LogP contribution >= 0.6 is 0 Å². The van der Waals surface area contributed by atoms with Gasteiger partial charge in [-0.3, -0.25) is 9.48 Å². The van der Waals surface area contributed by atoms with Gasteiger partial charge in [-0.1, -0.05) is 0 Å². The molecular weight excluding hydrogens is 228 g/mol. The van der Waals surface area contributed by atoms with Crippen LogP contribution in [0.5, 0.6) is 0 Å². The first-order valence-electron chi connectivity index (χ1n) is 5.75. The zero-order valence-corrected chi connectivity index (χ0v) is 9.20. The smallest absolute Gasteiger partial charge is 0.282 e. The molecule has 2 N–H and O–H groups in total. The third-order valence-corrected chi connectivity index (χ3v) is 3.80. The van der Waals surface area contributed by atoms with Crippen molar-refractivity contribution in [1.29, 1.82) is 0 Å². The van der Waals surface area contributed by atoms with Crippen molar-refractivity contribution in [2.24, 2.45) is 5.73 Å². The Balaban J connectivity index is 2.10. The van der Waals surface area contributed by atoms with E-state index in [1.54, 1.807) is 0 Å². The predicted molar refractivity (Wildman–Crippen MR) is 55.7 cm³/mol. The summed E-state index contributed by atoms with van der Waals surface area (Å²) in [5.41, 5.74) is 6.49. The summed E-state index contributed by atoms with van der Waals surface area (Å²) >= 11 is 0. The highest BCUT2D eigenvalue weighted by atomic mass is 19.3. The largest absolute Gasteiger partial charge is 0.368 e. The summed E-state index contributed by atoms with van der Waals surface area (Å²) in [6, 6.07) is 0. The van der Waals surface area contributed by atoms with Gasteiger partial charge in [0.25, 0.3) is 6.43 Å². The molecule has 0 spiro atoms. The standard InChI is InChI=1S/C11H13F2N3O/c12-11(13)9-8-5-1-2-6(3-5)10(8)16(15-9)4-7(14)17/h5-6,11H,1-4H2,(H2,14,17). The molecule has 2 bridgehead atoms. The molecule has 2 atom stereocenters. The minimum absolute atomic E-state index is 0.0989. The first kappa shape index (κ1) is 10.7. The highest BCUT2D eigenvalue weighted by Crippen LogP contribution is 2.55. The maximum atomic E-state index is 12.9. The van der Waals surface area contributed by atoms with E-state index in [0.717, 1.165) is 25.0 Å². The number of aromatic nitrogens is 2. The molecule has 1 amide bonds. The van der Waals surface area contributed by atoms with Crippen molar-refractivity contribution in [2.75, 3.05) is 0 Å². The van der Waals surface area contributed by atoms with Crippen molar-refractivity contribution in [3.8, 4) is 0 Å². The quantitative estimate of drug-likeness (QED) is 0.875. The lowest BCUT2D eigenvalue weighted by Crippen LogP contribution is -2.21. The summed E-state index contributed by atoms with van der Waals surface area (Å²) in [6.07, 6.45) is 0.313. The van der Waals surface area contributed by atoms with E-state index in [9.17, 15) is 13.6 Å². The number of primary amides is 1. The molecule has 2 unspecified atom stereocenters. The van der Waals surface area contributed by atoms with Crippen LogP contribution in [-0.4, -0.2) is 15.7 Å². The first-order chi connectivity index (χ1) is 8.08. The minimum Gasteiger partial charge on any atom is -0.368 e. The molecule has 0 radical (unpaired) electrons. The second-order valence-electron chi connectivity index (χ2n) is 4.82. The van der Waals surface area contributed by atoms with Gasteiger partial charge in [-0.2, -0.15) is 5.10 Å². The fourth-order valence-electron chi connectivity index (χ4n) is 3.28. The lowest BCUT2D eigenvalue weighted by molar-refractivity contribution is -0.118. The van der Waals surface area contributed by atoms with Gasteiger partial charge in [0.2, 0.25) is 5.91 Å². The number of carbonyl (C=O) groups is 1. The average molecular weight is 241 g/mol. The Morgan fingerprint density at radius 3 is 2.82 bits per heavy atom. The van der Waals surface area contributed by atoms with Gasteiger partial charge in [0.15, 0.2) is 0 Å². The normalized spacial score (nSPS) is 25.6. The molecule has 6 heteroatoms. The van der Waals surface area contributed by atoms with Crippen molar-refractivity contribution >= 4 is 5.91 Å². The summed E-state index contributed by atoms with van der Waals surface area (Å²) in [6.45, 7) is -0.0989. The SMILES string of the molecule is NC(=O)Cn1nc(C(F)F)c2c1C1CCC2C1. The Bertz CT molecular complexity index is 483. The lowest BCUT2D eigenvalue weighted by Gasteiger charge is -2.12. The van der Waals surface area contributed by atoms with Crippen molar-refractivity contribution in [3.05, 3.63) is 17.0 Å². The number of nitrogens with zero attached hydrogens (tertiary/aromatic N) is 2. The molecule has 2 aliphatic rings. The molecule has 17 heavy (non-hydrogen) atoms. The molecule has 4 nitrogen and oxygen atoms in total. The Kier molecular flexibility index (Phi) is 2.21. The molecule has 1 aromatic rings. The maximum absolute atomic E-state index is 12.9. The van der Waals surface area contributed by atoms with Gasteiger partial charge in [-0.25, -0.2) is 8.78 Å². The number of fused-ring (bicyclic) bond motifs is 5. The topological polar surface area (TPSA) is 60.9 Å². The van der Waals surface area contributed by atoms with Gasteiger partial charge >= 0.3 is 0 Å². The Morgan fingerprint density at radius 1 is 1.47 bits per heavy atom. The molecule has 0 saturated heterocycles. The van der Waals surface area contributed by atoms with E-state index in [1.165, 1.54) is 4.68 Å². The summed E-state index contributed by atoms with van der Waals surface area (Å²) < 4.78 is 27.2. The average Bonchev–Trinajstić information content (AvgIpc) is 2.87. The Morgan fingerprint density at radius 2 is 2.18 bits per heavy atom. The molecule has 1 heterocycles. The van der Waals surface area contributed by atoms with Gasteiger partial charge in [0, 0.05) is 17.2 Å². The van der Waals surface area contributed by atoms with Crippen molar-refractivity contribution in [2.45, 2.75) is 44.1 Å². The van der Waals surface area contributed by atoms with Gasteiger partial charge in [0.05, 0.1) is 0 Å². The molecule has 92 valence electrons. The zero-order valence-electron chi connectivity index (χ0n) is 9.20. The first-order valence-corrected chi connectivity index (χ1v) is 5.75. The number of halogens is 2. The van der Waals surface area contributed by atoms with Crippen molar-refractivity contribution in [1.82, 2.24) is 9.78 Å². The monoisotopic (exact) mass is 241 g/mol. The maximum Gasteiger partial charge on any atom is 0.282 e. The number of amides is 1.